The van der Waals surface area contributed by atoms with Crippen LogP contribution >= 0.6 is 0 Å². The largest absolute Gasteiger partial charge is 0.457 e. The van der Waals surface area contributed by atoms with Gasteiger partial charge >= 0.3 is 5.97 Å². The summed E-state index contributed by atoms with van der Waals surface area (Å²) in [6.45, 7) is 3.67. The van der Waals surface area contributed by atoms with Crippen molar-refractivity contribution in [2.24, 2.45) is 0 Å². The van der Waals surface area contributed by atoms with E-state index in [-0.39, 0.29) is 37.0 Å². The molecule has 0 aliphatic carbocycles. The molecule has 6 nitrogen and oxygen atoms in total. The Morgan fingerprint density at radius 1 is 1.18 bits per heavy atom. The van der Waals surface area contributed by atoms with Crippen LogP contribution in [-0.4, -0.2) is 54.4 Å². The Labute approximate surface area is 189 Å². The zero-order valence-corrected chi connectivity index (χ0v) is 18.0. The van der Waals surface area contributed by atoms with Crippen LogP contribution in [0, 0.1) is 29.9 Å². The van der Waals surface area contributed by atoms with Gasteiger partial charge in [-0.2, -0.15) is 5.26 Å². The number of carbonyl (C=O) groups is 2. The average molecular weight is 457 g/mol. The van der Waals surface area contributed by atoms with Gasteiger partial charge in [-0.1, -0.05) is 6.07 Å². The van der Waals surface area contributed by atoms with E-state index in [1.807, 2.05) is 4.90 Å². The van der Waals surface area contributed by atoms with Crippen molar-refractivity contribution in [2.75, 3.05) is 32.7 Å². The normalized spacial score (nSPS) is 16.8. The summed E-state index contributed by atoms with van der Waals surface area (Å²) in [6.07, 6.45) is -1.57. The van der Waals surface area contributed by atoms with Gasteiger partial charge in [0.2, 0.25) is 5.91 Å². The van der Waals surface area contributed by atoms with Gasteiger partial charge in [0.1, 0.15) is 30.5 Å². The molecule has 2 aromatic carbocycles. The lowest BCUT2D eigenvalue weighted by Gasteiger charge is -2.35. The van der Waals surface area contributed by atoms with Crippen LogP contribution in [0.5, 0.6) is 0 Å². The molecule has 0 radical (unpaired) electrons. The topological polar surface area (TPSA) is 73.6 Å². The van der Waals surface area contributed by atoms with Crippen LogP contribution < -0.4 is 0 Å². The van der Waals surface area contributed by atoms with E-state index in [2.05, 4.69) is 0 Å². The molecule has 0 aromatic heterocycles. The molecule has 4 rings (SSSR count). The van der Waals surface area contributed by atoms with E-state index >= 15 is 4.39 Å². The molecular weight excluding hydrogens is 435 g/mol. The highest BCUT2D eigenvalue weighted by Gasteiger charge is 2.28. The summed E-state index contributed by atoms with van der Waals surface area (Å²) in [7, 11) is 0. The number of fused-ring (bicyclic) bond motifs is 1. The molecule has 0 spiro atoms. The number of carbonyl (C=O) groups excluding carboxylic acids is 2. The van der Waals surface area contributed by atoms with Crippen molar-refractivity contribution < 1.29 is 27.5 Å². The molecule has 1 unspecified atom stereocenters. The second-order valence-electron chi connectivity index (χ2n) is 8.24. The van der Waals surface area contributed by atoms with Crippen molar-refractivity contribution >= 4 is 11.9 Å². The Balaban J connectivity index is 1.33. The number of piperazine rings is 1. The summed E-state index contributed by atoms with van der Waals surface area (Å²) in [5, 5.41) is 8.76. The molecule has 2 aliphatic rings. The van der Waals surface area contributed by atoms with E-state index in [0.717, 1.165) is 23.3 Å². The van der Waals surface area contributed by atoms with E-state index in [1.165, 1.54) is 0 Å². The van der Waals surface area contributed by atoms with Gasteiger partial charge in [-0.15, -0.1) is 0 Å². The Morgan fingerprint density at radius 2 is 1.91 bits per heavy atom. The van der Waals surface area contributed by atoms with Gasteiger partial charge < -0.3 is 9.64 Å². The number of esters is 1. The quantitative estimate of drug-likeness (QED) is 0.645. The summed E-state index contributed by atoms with van der Waals surface area (Å²) in [5.74, 6) is -2.40. The molecule has 172 valence electrons. The summed E-state index contributed by atoms with van der Waals surface area (Å²) >= 11 is 0. The van der Waals surface area contributed by atoms with E-state index in [9.17, 15) is 18.4 Å². The van der Waals surface area contributed by atoms with Crippen LogP contribution in [0.15, 0.2) is 24.3 Å². The highest BCUT2D eigenvalue weighted by molar-refractivity contribution is 5.94. The maximum Gasteiger partial charge on any atom is 0.338 e. The average Bonchev–Trinajstić information content (AvgIpc) is 3.18. The number of hydrogen-bond donors (Lipinski definition) is 0. The van der Waals surface area contributed by atoms with E-state index in [0.29, 0.717) is 37.3 Å². The summed E-state index contributed by atoms with van der Waals surface area (Å²) in [6, 6.07) is 6.46. The number of ether oxygens (including phenoxy) is 1. The van der Waals surface area contributed by atoms with E-state index in [4.69, 9.17) is 10.00 Å². The van der Waals surface area contributed by atoms with Gasteiger partial charge in [-0.25, -0.2) is 18.0 Å². The maximum absolute atomic E-state index is 15.1. The first-order valence-corrected chi connectivity index (χ1v) is 10.6. The Bertz CT molecular complexity index is 1150. The van der Waals surface area contributed by atoms with Crippen LogP contribution in [0.1, 0.15) is 44.3 Å². The number of amides is 1. The highest BCUT2D eigenvalue weighted by Crippen LogP contribution is 2.31. The predicted octanol–water partition coefficient (Wildman–Crippen LogP) is 3.21. The van der Waals surface area contributed by atoms with Crippen molar-refractivity contribution in [3.8, 4) is 6.07 Å². The van der Waals surface area contributed by atoms with Gasteiger partial charge in [0, 0.05) is 43.9 Å². The third-order valence-electron chi connectivity index (χ3n) is 6.29. The number of hydrogen-bond acceptors (Lipinski definition) is 5. The number of rotatable bonds is 5. The fraction of sp³-hybridized carbons (Fsp3) is 0.375. The molecule has 9 heteroatoms. The third-order valence-corrected chi connectivity index (χ3v) is 6.29. The zero-order chi connectivity index (χ0) is 23.7. The lowest BCUT2D eigenvalue weighted by atomic mass is 9.95. The lowest BCUT2D eigenvalue weighted by Crippen LogP contribution is -2.49. The Morgan fingerprint density at radius 3 is 2.61 bits per heavy atom. The molecular formula is C24H22F3N3O3. The van der Waals surface area contributed by atoms with Crippen molar-refractivity contribution in [2.45, 2.75) is 26.1 Å². The fourth-order valence-electron chi connectivity index (χ4n) is 4.30. The predicted molar refractivity (Wildman–Crippen MR) is 112 cm³/mol. The Hall–Kier alpha value is -3.38. The van der Waals surface area contributed by atoms with Gasteiger partial charge in [-0.05, 0) is 36.2 Å². The SMILES string of the molecule is Cc1c(C(F)CN2CCN(C(=O)Cc3cc(F)c(C#N)cc3F)CC2)ccc2c1COC2=O. The fourth-order valence-corrected chi connectivity index (χ4v) is 4.30. The smallest absolute Gasteiger partial charge is 0.338 e. The first kappa shape index (κ1) is 22.8. The van der Waals surface area contributed by atoms with Crippen LogP contribution in [0.4, 0.5) is 13.2 Å². The zero-order valence-electron chi connectivity index (χ0n) is 18.0. The molecule has 1 saturated heterocycles. The molecule has 0 N–H and O–H groups in total. The van der Waals surface area contributed by atoms with Crippen LogP contribution in [-0.2, 0) is 22.6 Å². The number of cyclic esters (lactones) is 1. The summed E-state index contributed by atoms with van der Waals surface area (Å²) in [5.41, 5.74) is 1.93. The number of nitrogens with zero attached hydrogens (tertiary/aromatic N) is 3. The van der Waals surface area contributed by atoms with Crippen LogP contribution in [0.2, 0.25) is 0 Å². The number of benzene rings is 2. The first-order chi connectivity index (χ1) is 15.8. The van der Waals surface area contributed by atoms with Crippen molar-refractivity contribution in [1.29, 1.82) is 5.26 Å². The summed E-state index contributed by atoms with van der Waals surface area (Å²) < 4.78 is 48.0. The van der Waals surface area contributed by atoms with Crippen LogP contribution in [0.3, 0.4) is 0 Å². The van der Waals surface area contributed by atoms with E-state index < -0.39 is 23.4 Å². The number of alkyl halides is 1. The van der Waals surface area contributed by atoms with Crippen molar-refractivity contribution in [3.05, 3.63) is 69.3 Å². The minimum Gasteiger partial charge on any atom is -0.457 e. The van der Waals surface area contributed by atoms with Gasteiger partial charge in [0.15, 0.2) is 0 Å². The highest BCUT2D eigenvalue weighted by atomic mass is 19.1. The van der Waals surface area contributed by atoms with Crippen molar-refractivity contribution in [3.63, 3.8) is 0 Å². The molecule has 1 fully saturated rings. The molecule has 33 heavy (non-hydrogen) atoms. The maximum atomic E-state index is 15.1. The lowest BCUT2D eigenvalue weighted by molar-refractivity contribution is -0.132. The minimum atomic E-state index is -1.26. The van der Waals surface area contributed by atoms with Gasteiger partial charge in [-0.3, -0.25) is 9.69 Å². The summed E-state index contributed by atoms with van der Waals surface area (Å²) in [4.78, 5) is 27.7. The van der Waals surface area contributed by atoms with Gasteiger partial charge in [0.25, 0.3) is 0 Å². The minimum absolute atomic E-state index is 0.0997. The van der Waals surface area contributed by atoms with Crippen LogP contribution in [0.25, 0.3) is 0 Å². The molecule has 1 amide bonds. The standard InChI is InChI=1S/C24H22F3N3O3/c1-14-17(2-3-18-19(14)13-33-24(18)32)22(27)12-29-4-6-30(7-5-29)23(31)10-15-8-21(26)16(11-28)9-20(15)25/h2-3,8-9,22H,4-7,10,12-13H2,1H3. The molecule has 0 saturated carbocycles. The molecule has 2 heterocycles. The van der Waals surface area contributed by atoms with E-state index in [1.54, 1.807) is 30.0 Å². The van der Waals surface area contributed by atoms with Gasteiger partial charge in [0.05, 0.1) is 17.5 Å². The molecule has 2 aromatic rings. The first-order valence-electron chi connectivity index (χ1n) is 10.6. The molecule has 2 aliphatic heterocycles. The number of nitriles is 1. The molecule has 0 bridgehead atoms. The van der Waals surface area contributed by atoms with Crippen molar-refractivity contribution in [1.82, 2.24) is 9.80 Å². The third kappa shape index (κ3) is 4.57. The molecule has 1 atom stereocenters. The monoisotopic (exact) mass is 457 g/mol. The second-order valence-corrected chi connectivity index (χ2v) is 8.24. The Kier molecular flexibility index (Phi) is 6.38. The number of halogens is 3. The second kappa shape index (κ2) is 9.24.